The molecule has 0 aliphatic heterocycles. The van der Waals surface area contributed by atoms with Gasteiger partial charge in [-0.25, -0.2) is 0 Å². The maximum atomic E-state index is 12.7. The molecule has 2 N–H and O–H groups in total. The van der Waals surface area contributed by atoms with E-state index in [1.165, 1.54) is 11.8 Å². The zero-order valence-corrected chi connectivity index (χ0v) is 18.9. The van der Waals surface area contributed by atoms with Crippen LogP contribution >= 0.6 is 27.7 Å². The van der Waals surface area contributed by atoms with E-state index < -0.39 is 0 Å². The molecule has 1 aromatic heterocycles. The Labute approximate surface area is 192 Å². The summed E-state index contributed by atoms with van der Waals surface area (Å²) in [4.78, 5) is 12.7. The highest BCUT2D eigenvalue weighted by molar-refractivity contribution is 9.10. The first-order valence-electron chi connectivity index (χ1n) is 9.51. The van der Waals surface area contributed by atoms with Gasteiger partial charge in [-0.15, -0.1) is 16.8 Å². The molecule has 0 saturated heterocycles. The molecule has 0 unspecified atom stereocenters. The number of hydrogen-bond acceptors (Lipinski definition) is 5. The van der Waals surface area contributed by atoms with Crippen molar-refractivity contribution in [2.24, 2.45) is 0 Å². The number of anilines is 1. The number of thioether (sulfide) groups is 1. The van der Waals surface area contributed by atoms with E-state index in [9.17, 15) is 9.90 Å². The summed E-state index contributed by atoms with van der Waals surface area (Å²) in [7, 11) is 0. The summed E-state index contributed by atoms with van der Waals surface area (Å²) in [5.41, 5.74) is 1.33. The van der Waals surface area contributed by atoms with Gasteiger partial charge in [-0.3, -0.25) is 9.36 Å². The normalized spacial score (nSPS) is 10.9. The number of aromatic nitrogens is 3. The van der Waals surface area contributed by atoms with Gasteiger partial charge in [-0.2, -0.15) is 0 Å². The fourth-order valence-electron chi connectivity index (χ4n) is 3.24. The lowest BCUT2D eigenvalue weighted by molar-refractivity contribution is -0.113. The summed E-state index contributed by atoms with van der Waals surface area (Å²) in [6.07, 6.45) is 1.73. The number of rotatable bonds is 7. The van der Waals surface area contributed by atoms with Gasteiger partial charge in [-0.05, 0) is 29.7 Å². The van der Waals surface area contributed by atoms with Crippen LogP contribution in [0.15, 0.2) is 82.9 Å². The van der Waals surface area contributed by atoms with E-state index in [0.29, 0.717) is 23.1 Å². The summed E-state index contributed by atoms with van der Waals surface area (Å²) in [6.45, 7) is 4.25. The number of nitrogens with one attached hydrogen (secondary N) is 1. The monoisotopic (exact) mass is 494 g/mol. The molecule has 0 fully saturated rings. The quantitative estimate of drug-likeness (QED) is 0.262. The number of allylic oxidation sites excluding steroid dienone is 1. The van der Waals surface area contributed by atoms with Crippen LogP contribution in [0.4, 0.5) is 5.69 Å². The van der Waals surface area contributed by atoms with Crippen molar-refractivity contribution in [1.29, 1.82) is 0 Å². The first kappa shape index (κ1) is 21.1. The largest absolute Gasteiger partial charge is 0.507 e. The van der Waals surface area contributed by atoms with Gasteiger partial charge in [0.1, 0.15) is 5.75 Å². The Kier molecular flexibility index (Phi) is 6.39. The lowest BCUT2D eigenvalue weighted by atomic mass is 10.1. The van der Waals surface area contributed by atoms with Crippen LogP contribution in [0.5, 0.6) is 5.75 Å². The molecule has 0 bridgehead atoms. The molecule has 0 saturated carbocycles. The molecule has 3 aromatic carbocycles. The van der Waals surface area contributed by atoms with Crippen molar-refractivity contribution < 1.29 is 9.90 Å². The van der Waals surface area contributed by atoms with E-state index in [1.54, 1.807) is 24.3 Å². The minimum atomic E-state index is -0.144. The van der Waals surface area contributed by atoms with Crippen molar-refractivity contribution in [1.82, 2.24) is 14.8 Å². The van der Waals surface area contributed by atoms with Crippen LogP contribution < -0.4 is 5.32 Å². The molecule has 0 radical (unpaired) electrons. The summed E-state index contributed by atoms with van der Waals surface area (Å²) in [6, 6.07) is 18.6. The second-order valence-electron chi connectivity index (χ2n) is 6.70. The average molecular weight is 495 g/mol. The van der Waals surface area contributed by atoms with Gasteiger partial charge in [0.15, 0.2) is 11.0 Å². The standard InChI is InChI=1S/C23H19BrN4O2S/c1-2-13-28-22(17-9-5-6-10-20(17)29)26-27-23(28)31-14-21(30)25-19-12-11-18(24)15-7-3-4-8-16(15)19/h2-12,29H,1,13-14H2,(H,25,30). The number of phenolic OH excluding ortho intramolecular Hbond substituents is 1. The molecule has 8 heteroatoms. The van der Waals surface area contributed by atoms with Gasteiger partial charge < -0.3 is 10.4 Å². The number of carbonyl (C=O) groups is 1. The van der Waals surface area contributed by atoms with E-state index in [4.69, 9.17) is 0 Å². The lowest BCUT2D eigenvalue weighted by Gasteiger charge is -2.11. The molecular weight excluding hydrogens is 476 g/mol. The highest BCUT2D eigenvalue weighted by Crippen LogP contribution is 2.32. The van der Waals surface area contributed by atoms with Crippen LogP contribution in [0, 0.1) is 0 Å². The minimum Gasteiger partial charge on any atom is -0.507 e. The van der Waals surface area contributed by atoms with Crippen LogP contribution in [0.2, 0.25) is 0 Å². The van der Waals surface area contributed by atoms with E-state index >= 15 is 0 Å². The summed E-state index contributed by atoms with van der Waals surface area (Å²) in [5.74, 6) is 0.673. The molecule has 0 aliphatic carbocycles. The topological polar surface area (TPSA) is 80.0 Å². The average Bonchev–Trinajstić information content (AvgIpc) is 3.17. The minimum absolute atomic E-state index is 0.122. The van der Waals surface area contributed by atoms with Crippen molar-refractivity contribution in [3.05, 3.63) is 77.8 Å². The lowest BCUT2D eigenvalue weighted by Crippen LogP contribution is -2.15. The zero-order chi connectivity index (χ0) is 21.8. The molecule has 1 amide bonds. The van der Waals surface area contributed by atoms with Gasteiger partial charge in [0.2, 0.25) is 5.91 Å². The van der Waals surface area contributed by atoms with E-state index in [0.717, 1.165) is 20.9 Å². The Hall–Kier alpha value is -3.10. The Morgan fingerprint density at radius 1 is 1.10 bits per heavy atom. The molecule has 0 aliphatic rings. The Balaban J connectivity index is 1.52. The van der Waals surface area contributed by atoms with E-state index in [1.807, 2.05) is 47.0 Å². The third-order valence-corrected chi connectivity index (χ3v) is 6.31. The number of benzene rings is 3. The second-order valence-corrected chi connectivity index (χ2v) is 8.50. The Morgan fingerprint density at radius 3 is 2.61 bits per heavy atom. The maximum Gasteiger partial charge on any atom is 0.234 e. The van der Waals surface area contributed by atoms with Crippen molar-refractivity contribution in [2.45, 2.75) is 11.7 Å². The number of aromatic hydroxyl groups is 1. The number of hydrogen-bond donors (Lipinski definition) is 2. The Morgan fingerprint density at radius 2 is 1.84 bits per heavy atom. The molecular formula is C23H19BrN4O2S. The molecule has 4 rings (SSSR count). The molecule has 4 aromatic rings. The van der Waals surface area contributed by atoms with Gasteiger partial charge in [0, 0.05) is 22.1 Å². The predicted octanol–water partition coefficient (Wildman–Crippen LogP) is 5.48. The summed E-state index contributed by atoms with van der Waals surface area (Å²) < 4.78 is 2.80. The second kappa shape index (κ2) is 9.36. The van der Waals surface area contributed by atoms with Crippen LogP contribution in [-0.2, 0) is 11.3 Å². The highest BCUT2D eigenvalue weighted by atomic mass is 79.9. The number of halogens is 1. The molecule has 0 atom stereocenters. The van der Waals surface area contributed by atoms with Crippen molar-refractivity contribution in [3.8, 4) is 17.1 Å². The first-order chi connectivity index (χ1) is 15.1. The van der Waals surface area contributed by atoms with E-state index in [2.05, 4.69) is 38.0 Å². The summed E-state index contributed by atoms with van der Waals surface area (Å²) >= 11 is 4.83. The van der Waals surface area contributed by atoms with Crippen molar-refractivity contribution in [3.63, 3.8) is 0 Å². The van der Waals surface area contributed by atoms with Crippen LogP contribution in [0.25, 0.3) is 22.2 Å². The Bertz CT molecular complexity index is 1270. The number of carbonyl (C=O) groups excluding carboxylic acids is 1. The third kappa shape index (κ3) is 4.50. The molecule has 0 spiro atoms. The SMILES string of the molecule is C=CCn1c(SCC(=O)Nc2ccc(Br)c3ccccc23)nnc1-c1ccccc1O. The summed E-state index contributed by atoms with van der Waals surface area (Å²) in [5, 5.41) is 24.2. The fourth-order valence-corrected chi connectivity index (χ4v) is 4.46. The molecule has 6 nitrogen and oxygen atoms in total. The van der Waals surface area contributed by atoms with Gasteiger partial charge in [-0.1, -0.05) is 70.2 Å². The van der Waals surface area contributed by atoms with E-state index in [-0.39, 0.29) is 17.4 Å². The first-order valence-corrected chi connectivity index (χ1v) is 11.3. The predicted molar refractivity (Wildman–Crippen MR) is 128 cm³/mol. The van der Waals surface area contributed by atoms with Crippen molar-refractivity contribution in [2.75, 3.05) is 11.1 Å². The van der Waals surface area contributed by atoms with Gasteiger partial charge in [0.25, 0.3) is 0 Å². The number of fused-ring (bicyclic) bond motifs is 1. The maximum absolute atomic E-state index is 12.7. The van der Waals surface area contributed by atoms with Crippen LogP contribution in [0.1, 0.15) is 0 Å². The number of amides is 1. The zero-order valence-electron chi connectivity index (χ0n) is 16.5. The number of nitrogens with zero attached hydrogens (tertiary/aromatic N) is 3. The number of phenols is 1. The van der Waals surface area contributed by atoms with Crippen LogP contribution in [0.3, 0.4) is 0 Å². The van der Waals surface area contributed by atoms with Gasteiger partial charge in [0.05, 0.1) is 11.3 Å². The third-order valence-electron chi connectivity index (χ3n) is 4.65. The molecule has 156 valence electrons. The number of para-hydroxylation sites is 1. The van der Waals surface area contributed by atoms with Crippen LogP contribution in [-0.4, -0.2) is 31.5 Å². The molecule has 1 heterocycles. The van der Waals surface area contributed by atoms with Gasteiger partial charge >= 0.3 is 0 Å². The smallest absolute Gasteiger partial charge is 0.234 e. The van der Waals surface area contributed by atoms with Crippen molar-refractivity contribution >= 4 is 50.1 Å². The highest BCUT2D eigenvalue weighted by Gasteiger charge is 2.17. The molecule has 31 heavy (non-hydrogen) atoms. The fraction of sp³-hybridized carbons (Fsp3) is 0.0870.